The number of hydrogen-bond acceptors (Lipinski definition) is 5. The van der Waals surface area contributed by atoms with Crippen LogP contribution in [0.4, 0.5) is 0 Å². The number of hydrogen-bond donors (Lipinski definition) is 1. The first-order valence-electron chi connectivity index (χ1n) is 8.44. The lowest BCUT2D eigenvalue weighted by Gasteiger charge is -2.05. The minimum atomic E-state index is -0.118. The molecule has 0 saturated carbocycles. The maximum Gasteiger partial charge on any atom is 0.263 e. The second kappa shape index (κ2) is 8.10. The summed E-state index contributed by atoms with van der Waals surface area (Å²) in [6.07, 6.45) is 2.70. The quantitative estimate of drug-likeness (QED) is 0.715. The molecule has 0 aliphatic heterocycles. The Bertz CT molecular complexity index is 886. The van der Waals surface area contributed by atoms with Crippen molar-refractivity contribution in [2.45, 2.75) is 26.8 Å². The van der Waals surface area contributed by atoms with Gasteiger partial charge in [-0.2, -0.15) is 0 Å². The summed E-state index contributed by atoms with van der Waals surface area (Å²) in [4.78, 5) is 21.9. The molecule has 3 aromatic rings. The summed E-state index contributed by atoms with van der Waals surface area (Å²) < 4.78 is 5.03. The molecule has 6 heteroatoms. The van der Waals surface area contributed by atoms with Crippen LogP contribution in [-0.2, 0) is 13.0 Å². The van der Waals surface area contributed by atoms with Crippen LogP contribution in [0.1, 0.15) is 33.4 Å². The summed E-state index contributed by atoms with van der Waals surface area (Å²) in [5.41, 5.74) is 3.98. The number of aryl methyl sites for hydroxylation is 2. The highest BCUT2D eigenvalue weighted by molar-refractivity contribution is 7.17. The van der Waals surface area contributed by atoms with Crippen molar-refractivity contribution in [1.82, 2.24) is 15.3 Å². The van der Waals surface area contributed by atoms with Gasteiger partial charge in [-0.05, 0) is 24.5 Å². The summed E-state index contributed by atoms with van der Waals surface area (Å²) in [7, 11) is 1.57. The Morgan fingerprint density at radius 2 is 1.88 bits per heavy atom. The van der Waals surface area contributed by atoms with Crippen molar-refractivity contribution < 1.29 is 9.53 Å². The van der Waals surface area contributed by atoms with Crippen molar-refractivity contribution in [2.75, 3.05) is 7.11 Å². The normalized spacial score (nSPS) is 10.6. The average Bonchev–Trinajstić information content (AvgIpc) is 3.08. The monoisotopic (exact) mass is 367 g/mol. The van der Waals surface area contributed by atoms with E-state index in [0.717, 1.165) is 28.2 Å². The number of pyridine rings is 1. The lowest BCUT2D eigenvalue weighted by Crippen LogP contribution is -2.22. The highest BCUT2D eigenvalue weighted by Crippen LogP contribution is 2.28. The number of carbonyl (C=O) groups excluding carboxylic acids is 1. The predicted molar refractivity (Wildman–Crippen MR) is 104 cm³/mol. The Labute approximate surface area is 157 Å². The van der Waals surface area contributed by atoms with E-state index >= 15 is 0 Å². The van der Waals surface area contributed by atoms with E-state index in [9.17, 15) is 4.79 Å². The molecule has 0 unspecified atom stereocenters. The SMILES string of the molecule is CCc1ccc(-c2nc(C)c(C(=O)NCc3ccc(OC)nc3)s2)cc1. The van der Waals surface area contributed by atoms with Crippen LogP contribution in [0.2, 0.25) is 0 Å². The third-order valence-electron chi connectivity index (χ3n) is 4.07. The van der Waals surface area contributed by atoms with Crippen molar-refractivity contribution in [1.29, 1.82) is 0 Å². The molecule has 134 valence electrons. The predicted octanol–water partition coefficient (Wildman–Crippen LogP) is 4.01. The van der Waals surface area contributed by atoms with Gasteiger partial charge in [0.25, 0.3) is 5.91 Å². The Morgan fingerprint density at radius 3 is 2.50 bits per heavy atom. The van der Waals surface area contributed by atoms with Crippen molar-refractivity contribution in [3.63, 3.8) is 0 Å². The zero-order chi connectivity index (χ0) is 18.5. The summed E-state index contributed by atoms with van der Waals surface area (Å²) >= 11 is 1.42. The van der Waals surface area contributed by atoms with E-state index in [1.807, 2.05) is 13.0 Å². The lowest BCUT2D eigenvalue weighted by atomic mass is 10.1. The largest absolute Gasteiger partial charge is 0.481 e. The van der Waals surface area contributed by atoms with Gasteiger partial charge < -0.3 is 10.1 Å². The standard InChI is InChI=1S/C20H21N3O2S/c1-4-14-5-8-16(9-6-14)20-23-13(2)18(26-20)19(24)22-12-15-7-10-17(25-3)21-11-15/h5-11H,4,12H2,1-3H3,(H,22,24). The smallest absolute Gasteiger partial charge is 0.263 e. The fourth-order valence-electron chi connectivity index (χ4n) is 2.51. The van der Waals surface area contributed by atoms with Crippen LogP contribution in [0, 0.1) is 6.92 Å². The number of nitrogens with one attached hydrogen (secondary N) is 1. The molecule has 2 heterocycles. The maximum absolute atomic E-state index is 12.5. The first-order valence-corrected chi connectivity index (χ1v) is 9.26. The van der Waals surface area contributed by atoms with Gasteiger partial charge in [-0.25, -0.2) is 9.97 Å². The van der Waals surface area contributed by atoms with Gasteiger partial charge in [0.2, 0.25) is 5.88 Å². The summed E-state index contributed by atoms with van der Waals surface area (Å²) in [5.74, 6) is 0.435. The highest BCUT2D eigenvalue weighted by Gasteiger charge is 2.16. The Hall–Kier alpha value is -2.73. The third-order valence-corrected chi connectivity index (χ3v) is 5.28. The van der Waals surface area contributed by atoms with E-state index < -0.39 is 0 Å². The van der Waals surface area contributed by atoms with Gasteiger partial charge in [-0.15, -0.1) is 11.3 Å². The molecule has 0 spiro atoms. The van der Waals surface area contributed by atoms with Gasteiger partial charge in [-0.1, -0.05) is 37.3 Å². The van der Waals surface area contributed by atoms with Gasteiger partial charge in [0, 0.05) is 24.4 Å². The molecule has 3 rings (SSSR count). The number of nitrogens with zero attached hydrogens (tertiary/aromatic N) is 2. The molecule has 0 aliphatic rings. The van der Waals surface area contributed by atoms with Crippen LogP contribution in [0.5, 0.6) is 5.88 Å². The minimum absolute atomic E-state index is 0.118. The molecule has 1 amide bonds. The topological polar surface area (TPSA) is 64.1 Å². The van der Waals surface area contributed by atoms with E-state index in [4.69, 9.17) is 4.74 Å². The number of methoxy groups -OCH3 is 1. The maximum atomic E-state index is 12.5. The van der Waals surface area contributed by atoms with Crippen molar-refractivity contribution >= 4 is 17.2 Å². The number of ether oxygens (including phenoxy) is 1. The molecule has 1 aromatic carbocycles. The van der Waals surface area contributed by atoms with Crippen LogP contribution in [-0.4, -0.2) is 23.0 Å². The van der Waals surface area contributed by atoms with Gasteiger partial charge in [0.05, 0.1) is 12.8 Å². The molecule has 0 radical (unpaired) electrons. The molecule has 1 N–H and O–H groups in total. The van der Waals surface area contributed by atoms with Crippen LogP contribution < -0.4 is 10.1 Å². The first-order chi connectivity index (χ1) is 12.6. The van der Waals surface area contributed by atoms with Gasteiger partial charge in [0.1, 0.15) is 9.88 Å². The van der Waals surface area contributed by atoms with E-state index in [1.165, 1.54) is 16.9 Å². The molecule has 0 atom stereocenters. The van der Waals surface area contributed by atoms with Crippen LogP contribution in [0.25, 0.3) is 10.6 Å². The average molecular weight is 367 g/mol. The number of thiazole rings is 1. The van der Waals surface area contributed by atoms with Gasteiger partial charge in [0.15, 0.2) is 0 Å². The second-order valence-electron chi connectivity index (χ2n) is 5.88. The molecular weight excluding hydrogens is 346 g/mol. The lowest BCUT2D eigenvalue weighted by molar-refractivity contribution is 0.0954. The van der Waals surface area contributed by atoms with Crippen LogP contribution >= 0.6 is 11.3 Å². The number of rotatable bonds is 6. The molecule has 2 aromatic heterocycles. The molecule has 0 fully saturated rings. The Morgan fingerprint density at radius 1 is 1.15 bits per heavy atom. The zero-order valence-electron chi connectivity index (χ0n) is 15.1. The van der Waals surface area contributed by atoms with E-state index in [2.05, 4.69) is 46.5 Å². The van der Waals surface area contributed by atoms with Crippen molar-refractivity contribution in [2.24, 2.45) is 0 Å². The number of benzene rings is 1. The highest BCUT2D eigenvalue weighted by atomic mass is 32.1. The van der Waals surface area contributed by atoms with E-state index in [0.29, 0.717) is 17.3 Å². The summed E-state index contributed by atoms with van der Waals surface area (Å²) in [6.45, 7) is 4.40. The number of carbonyl (C=O) groups is 1. The van der Waals surface area contributed by atoms with Gasteiger partial charge in [-0.3, -0.25) is 4.79 Å². The molecular formula is C20H21N3O2S. The number of amides is 1. The zero-order valence-corrected chi connectivity index (χ0v) is 15.9. The number of aromatic nitrogens is 2. The van der Waals surface area contributed by atoms with Crippen LogP contribution in [0.15, 0.2) is 42.6 Å². The van der Waals surface area contributed by atoms with Crippen LogP contribution in [0.3, 0.4) is 0 Å². The molecule has 0 aliphatic carbocycles. The van der Waals surface area contributed by atoms with Crippen molar-refractivity contribution in [3.05, 3.63) is 64.3 Å². The summed E-state index contributed by atoms with van der Waals surface area (Å²) in [5, 5.41) is 3.79. The minimum Gasteiger partial charge on any atom is -0.481 e. The van der Waals surface area contributed by atoms with E-state index in [-0.39, 0.29) is 5.91 Å². The second-order valence-corrected chi connectivity index (χ2v) is 6.87. The summed E-state index contributed by atoms with van der Waals surface area (Å²) in [6, 6.07) is 12.0. The van der Waals surface area contributed by atoms with Crippen molar-refractivity contribution in [3.8, 4) is 16.5 Å². The fraction of sp³-hybridized carbons (Fsp3) is 0.250. The third kappa shape index (κ3) is 4.08. The Balaban J connectivity index is 1.69. The first kappa shape index (κ1) is 18.1. The van der Waals surface area contributed by atoms with E-state index in [1.54, 1.807) is 19.4 Å². The Kier molecular flexibility index (Phi) is 5.63. The molecule has 5 nitrogen and oxygen atoms in total. The fourth-order valence-corrected chi connectivity index (χ4v) is 3.50. The molecule has 0 bridgehead atoms. The van der Waals surface area contributed by atoms with Gasteiger partial charge >= 0.3 is 0 Å². The molecule has 0 saturated heterocycles. The molecule has 26 heavy (non-hydrogen) atoms.